The van der Waals surface area contributed by atoms with E-state index in [1.54, 1.807) is 0 Å². The van der Waals surface area contributed by atoms with Crippen LogP contribution in [0.5, 0.6) is 0 Å². The summed E-state index contributed by atoms with van der Waals surface area (Å²) in [4.78, 5) is 0. The lowest BCUT2D eigenvalue weighted by Gasteiger charge is -2.26. The summed E-state index contributed by atoms with van der Waals surface area (Å²) >= 11 is 0. The second-order valence-electron chi connectivity index (χ2n) is 4.33. The van der Waals surface area contributed by atoms with E-state index < -0.39 is 8.56 Å². The molecule has 0 saturated carbocycles. The lowest BCUT2D eigenvalue weighted by atomic mass is 10.2. The van der Waals surface area contributed by atoms with E-state index in [4.69, 9.17) is 8.85 Å². The molecular weight excluding hydrogens is 206 g/mol. The topological polar surface area (TPSA) is 30.5 Å². The highest BCUT2D eigenvalue weighted by molar-refractivity contribution is 6.66. The van der Waals surface area contributed by atoms with Crippen LogP contribution in [-0.2, 0) is 8.85 Å². The highest BCUT2D eigenvalue weighted by Gasteiger charge is 2.30. The first-order valence-corrected chi connectivity index (χ1v) is 8.78. The molecule has 3 nitrogen and oxygen atoms in total. The van der Waals surface area contributed by atoms with Gasteiger partial charge < -0.3 is 14.2 Å². The monoisotopic (exact) mass is 231 g/mol. The van der Waals surface area contributed by atoms with Gasteiger partial charge in [0.2, 0.25) is 0 Å². The van der Waals surface area contributed by atoms with Gasteiger partial charge in [0.25, 0.3) is 0 Å². The second-order valence-corrected chi connectivity index (χ2v) is 7.67. The molecule has 1 aliphatic rings. The molecule has 1 unspecified atom stereocenters. The van der Waals surface area contributed by atoms with Crippen LogP contribution in [0.25, 0.3) is 0 Å². The van der Waals surface area contributed by atoms with Crippen LogP contribution in [0.15, 0.2) is 0 Å². The van der Waals surface area contributed by atoms with Crippen LogP contribution >= 0.6 is 0 Å². The molecule has 1 N–H and O–H groups in total. The Morgan fingerprint density at radius 3 is 2.80 bits per heavy atom. The average molecular weight is 231 g/mol. The fraction of sp³-hybridized carbons (Fsp3) is 1.00. The normalized spacial score (nSPS) is 30.8. The number of nitrogens with one attached hydrogen (secondary N) is 1. The van der Waals surface area contributed by atoms with E-state index in [9.17, 15) is 0 Å². The third-order valence-corrected chi connectivity index (χ3v) is 5.85. The van der Waals surface area contributed by atoms with Crippen molar-refractivity contribution in [3.8, 4) is 0 Å². The van der Waals surface area contributed by atoms with Crippen molar-refractivity contribution >= 4 is 8.56 Å². The van der Waals surface area contributed by atoms with E-state index in [2.05, 4.69) is 18.8 Å². The molecule has 0 bridgehead atoms. The van der Waals surface area contributed by atoms with Crippen molar-refractivity contribution in [3.63, 3.8) is 0 Å². The van der Waals surface area contributed by atoms with Crippen LogP contribution in [-0.4, -0.2) is 34.9 Å². The van der Waals surface area contributed by atoms with Crippen molar-refractivity contribution in [2.45, 2.75) is 45.2 Å². The Labute approximate surface area is 94.8 Å². The second kappa shape index (κ2) is 7.38. The largest absolute Gasteiger partial charge is 0.395 e. The van der Waals surface area contributed by atoms with Gasteiger partial charge in [0.1, 0.15) is 0 Å². The fourth-order valence-corrected chi connectivity index (χ4v) is 4.41. The van der Waals surface area contributed by atoms with E-state index in [-0.39, 0.29) is 0 Å². The smallest absolute Gasteiger partial charge is 0.334 e. The van der Waals surface area contributed by atoms with Crippen molar-refractivity contribution in [2.24, 2.45) is 0 Å². The Balaban J connectivity index is 2.37. The highest BCUT2D eigenvalue weighted by atomic mass is 28.4. The van der Waals surface area contributed by atoms with E-state index in [0.29, 0.717) is 0 Å². The predicted octanol–water partition coefficient (Wildman–Crippen LogP) is 2.28. The maximum Gasteiger partial charge on any atom is 0.334 e. The quantitative estimate of drug-likeness (QED) is 0.740. The third kappa shape index (κ3) is 5.66. The Morgan fingerprint density at radius 2 is 2.00 bits per heavy atom. The van der Waals surface area contributed by atoms with Gasteiger partial charge in [-0.3, -0.25) is 0 Å². The first-order valence-electron chi connectivity index (χ1n) is 6.25. The summed E-state index contributed by atoms with van der Waals surface area (Å²) in [5, 5.41) is 3.40. The van der Waals surface area contributed by atoms with Crippen LogP contribution in [0, 0.1) is 0 Å². The molecule has 90 valence electrons. The minimum absolute atomic E-state index is 0.788. The summed E-state index contributed by atoms with van der Waals surface area (Å²) in [5.74, 6) is 0. The minimum atomic E-state index is -1.84. The van der Waals surface area contributed by atoms with Crippen molar-refractivity contribution < 1.29 is 8.85 Å². The van der Waals surface area contributed by atoms with Crippen LogP contribution in [0.4, 0.5) is 0 Å². The van der Waals surface area contributed by atoms with Gasteiger partial charge in [-0.15, -0.1) is 0 Å². The van der Waals surface area contributed by atoms with Crippen molar-refractivity contribution in [1.82, 2.24) is 5.32 Å². The molecule has 1 saturated heterocycles. The van der Waals surface area contributed by atoms with Gasteiger partial charge in [0, 0.05) is 19.8 Å². The van der Waals surface area contributed by atoms with Crippen LogP contribution in [0.1, 0.15) is 32.6 Å². The van der Waals surface area contributed by atoms with Crippen molar-refractivity contribution in [1.29, 1.82) is 0 Å². The fourth-order valence-electron chi connectivity index (χ4n) is 2.01. The zero-order valence-electron chi connectivity index (χ0n) is 10.2. The van der Waals surface area contributed by atoms with Gasteiger partial charge >= 0.3 is 8.56 Å². The Hall–Kier alpha value is 0.0969. The zero-order chi connectivity index (χ0) is 11.0. The first-order chi connectivity index (χ1) is 7.27. The molecule has 4 heteroatoms. The molecule has 1 rings (SSSR count). The standard InChI is InChI=1S/C11H25NO2Si/c1-3-13-15(2)11-7-5-4-6-8-12-9-10-14-15/h12H,3-11H2,1-2H3. The number of hydrogen-bond donors (Lipinski definition) is 1. The van der Waals surface area contributed by atoms with Gasteiger partial charge in [-0.05, 0) is 32.5 Å². The highest BCUT2D eigenvalue weighted by Crippen LogP contribution is 2.18. The summed E-state index contributed by atoms with van der Waals surface area (Å²) in [6.45, 7) is 7.96. The minimum Gasteiger partial charge on any atom is -0.395 e. The number of hydrogen-bond acceptors (Lipinski definition) is 3. The maximum absolute atomic E-state index is 5.96. The van der Waals surface area contributed by atoms with E-state index >= 15 is 0 Å². The average Bonchev–Trinajstić information content (AvgIpc) is 2.24. The molecule has 1 fully saturated rings. The Bertz CT molecular complexity index is 155. The van der Waals surface area contributed by atoms with Gasteiger partial charge in [-0.1, -0.05) is 19.3 Å². The Morgan fingerprint density at radius 1 is 1.20 bits per heavy atom. The SMILES string of the molecule is CCO[Si]1(C)CCCCCCNCCO1. The third-order valence-electron chi connectivity index (χ3n) is 2.87. The van der Waals surface area contributed by atoms with Crippen molar-refractivity contribution in [3.05, 3.63) is 0 Å². The predicted molar refractivity (Wildman–Crippen MR) is 65.3 cm³/mol. The molecule has 0 spiro atoms. The molecule has 0 aromatic rings. The maximum atomic E-state index is 5.96. The molecule has 0 aromatic heterocycles. The summed E-state index contributed by atoms with van der Waals surface area (Å²) in [7, 11) is -1.84. The molecule has 1 atom stereocenters. The van der Waals surface area contributed by atoms with E-state index in [1.165, 1.54) is 25.7 Å². The zero-order valence-corrected chi connectivity index (χ0v) is 11.2. The van der Waals surface area contributed by atoms with Gasteiger partial charge in [-0.2, -0.15) is 0 Å². The summed E-state index contributed by atoms with van der Waals surface area (Å²) in [5.41, 5.74) is 0. The Kier molecular flexibility index (Phi) is 6.48. The van der Waals surface area contributed by atoms with Gasteiger partial charge in [-0.25, -0.2) is 0 Å². The summed E-state index contributed by atoms with van der Waals surface area (Å²) < 4.78 is 11.8. The lowest BCUT2D eigenvalue weighted by Crippen LogP contribution is -2.40. The molecular formula is C11H25NO2Si. The molecule has 0 aromatic carbocycles. The molecule has 0 radical (unpaired) electrons. The molecule has 1 aliphatic heterocycles. The van der Waals surface area contributed by atoms with Crippen molar-refractivity contribution in [2.75, 3.05) is 26.3 Å². The van der Waals surface area contributed by atoms with E-state index in [1.807, 2.05) is 0 Å². The summed E-state index contributed by atoms with van der Waals surface area (Å²) in [6.07, 6.45) is 5.22. The molecule has 0 amide bonds. The van der Waals surface area contributed by atoms with Gasteiger partial charge in [0.15, 0.2) is 0 Å². The first kappa shape index (κ1) is 13.2. The molecule has 1 heterocycles. The number of rotatable bonds is 2. The van der Waals surface area contributed by atoms with E-state index in [0.717, 1.165) is 32.3 Å². The van der Waals surface area contributed by atoms with Crippen LogP contribution < -0.4 is 5.32 Å². The van der Waals surface area contributed by atoms with Gasteiger partial charge in [0.05, 0.1) is 0 Å². The molecule has 15 heavy (non-hydrogen) atoms. The van der Waals surface area contributed by atoms with Crippen LogP contribution in [0.3, 0.4) is 0 Å². The lowest BCUT2D eigenvalue weighted by molar-refractivity contribution is 0.181. The van der Waals surface area contributed by atoms with Crippen LogP contribution in [0.2, 0.25) is 12.6 Å². The molecule has 0 aliphatic carbocycles. The summed E-state index contributed by atoms with van der Waals surface area (Å²) in [6, 6.07) is 1.15.